The quantitative estimate of drug-likeness (QED) is 0.0781. The van der Waals surface area contributed by atoms with Gasteiger partial charge in [0, 0.05) is 14.2 Å². The molecule has 0 aromatic rings. The van der Waals surface area contributed by atoms with Crippen LogP contribution in [0.1, 0.15) is 48.5 Å². The molecule has 0 aliphatic carbocycles. The van der Waals surface area contributed by atoms with Crippen molar-refractivity contribution in [2.75, 3.05) is 14.2 Å². The van der Waals surface area contributed by atoms with Crippen LogP contribution >= 0.6 is 7.75 Å². The number of amides is 6. The molecule has 7 atom stereocenters. The molecular formula is C23H42N7O11P. The summed E-state index contributed by atoms with van der Waals surface area (Å²) >= 11 is 0. The topological polar surface area (TPSA) is 259 Å². The van der Waals surface area contributed by atoms with E-state index >= 15 is 0 Å². The molecule has 240 valence electrons. The highest BCUT2D eigenvalue weighted by Gasteiger charge is 2.30. The average Bonchev–Trinajstić information content (AvgIpc) is 2.91. The number of carbonyl (C=O) groups is 7. The smallest absolute Gasteiger partial charge is 0.405 e. The van der Waals surface area contributed by atoms with E-state index in [2.05, 4.69) is 37.0 Å². The summed E-state index contributed by atoms with van der Waals surface area (Å²) in [5, 5.41) is 25.3. The highest BCUT2D eigenvalue weighted by molar-refractivity contribution is 7.51. The number of carbonyl (C=O) groups excluding carboxylic acids is 6. The van der Waals surface area contributed by atoms with E-state index in [1.54, 1.807) is 0 Å². The molecule has 19 heteroatoms. The van der Waals surface area contributed by atoms with Gasteiger partial charge in [0.2, 0.25) is 35.4 Å². The van der Waals surface area contributed by atoms with Crippen molar-refractivity contribution < 1.29 is 52.3 Å². The number of rotatable bonds is 17. The molecule has 18 nitrogen and oxygen atoms in total. The molecule has 42 heavy (non-hydrogen) atoms. The van der Waals surface area contributed by atoms with E-state index in [9.17, 15) is 38.1 Å². The van der Waals surface area contributed by atoms with Gasteiger partial charge >= 0.3 is 13.7 Å². The summed E-state index contributed by atoms with van der Waals surface area (Å²) in [5.41, 5.74) is 0. The number of hydrogen-bond donors (Lipinski definition) is 8. The van der Waals surface area contributed by atoms with E-state index in [1.807, 2.05) is 0 Å². The predicted molar refractivity (Wildman–Crippen MR) is 147 cm³/mol. The lowest BCUT2D eigenvalue weighted by Crippen LogP contribution is -2.57. The van der Waals surface area contributed by atoms with Crippen LogP contribution in [0.4, 0.5) is 0 Å². The lowest BCUT2D eigenvalue weighted by Gasteiger charge is -2.23. The lowest BCUT2D eigenvalue weighted by molar-refractivity contribution is -0.141. The SMILES string of the molecule is COP(=O)(N[C@@H](C)C(=O)N[C@@H](C)C(=O)N[C@@H](C)C(=O)N[C@@H](C)C(=O)N[C@@H](C)C(=O)N[C@@H](C)C(=O)N[C@@H](C)C(=O)O)OC. The Morgan fingerprint density at radius 1 is 0.476 bits per heavy atom. The van der Waals surface area contributed by atoms with Gasteiger partial charge in [-0.25, -0.2) is 9.65 Å². The Morgan fingerprint density at radius 2 is 0.690 bits per heavy atom. The molecule has 0 fully saturated rings. The number of carboxylic acids is 1. The average molecular weight is 624 g/mol. The van der Waals surface area contributed by atoms with Crippen molar-refractivity contribution in [3.63, 3.8) is 0 Å². The Morgan fingerprint density at radius 3 is 0.905 bits per heavy atom. The minimum Gasteiger partial charge on any atom is -0.480 e. The van der Waals surface area contributed by atoms with Gasteiger partial charge in [0.1, 0.15) is 36.3 Å². The van der Waals surface area contributed by atoms with Gasteiger partial charge in [0.05, 0.1) is 6.04 Å². The first-order valence-corrected chi connectivity index (χ1v) is 14.4. The predicted octanol–water partition coefficient (Wildman–Crippen LogP) is -2.52. The minimum absolute atomic E-state index is 0.697. The van der Waals surface area contributed by atoms with Gasteiger partial charge in [-0.1, -0.05) is 0 Å². The van der Waals surface area contributed by atoms with Crippen molar-refractivity contribution in [1.82, 2.24) is 37.0 Å². The molecule has 0 saturated heterocycles. The maximum absolute atomic E-state index is 12.5. The first kappa shape index (κ1) is 38.4. The molecule has 0 unspecified atom stereocenters. The number of nitrogens with one attached hydrogen (secondary N) is 7. The molecule has 8 N–H and O–H groups in total. The zero-order chi connectivity index (χ0) is 32.9. The van der Waals surface area contributed by atoms with E-state index in [4.69, 9.17) is 14.2 Å². The molecule has 6 amide bonds. The van der Waals surface area contributed by atoms with Gasteiger partial charge < -0.3 is 46.1 Å². The van der Waals surface area contributed by atoms with Gasteiger partial charge in [-0.05, 0) is 48.5 Å². The summed E-state index contributed by atoms with van der Waals surface area (Å²) in [4.78, 5) is 85.0. The second-order valence-electron chi connectivity index (χ2n) is 9.43. The third-order valence-corrected chi connectivity index (χ3v) is 7.38. The first-order chi connectivity index (χ1) is 19.3. The summed E-state index contributed by atoms with van der Waals surface area (Å²) in [7, 11) is -1.44. The Kier molecular flexibility index (Phi) is 15.9. The van der Waals surface area contributed by atoms with Crippen LogP contribution in [0.3, 0.4) is 0 Å². The highest BCUT2D eigenvalue weighted by atomic mass is 31.2. The summed E-state index contributed by atoms with van der Waals surface area (Å²) in [6.45, 7) is 9.34. The Balaban J connectivity index is 4.81. The minimum atomic E-state index is -3.70. The second-order valence-corrected chi connectivity index (χ2v) is 11.4. The zero-order valence-corrected chi connectivity index (χ0v) is 25.9. The molecule has 0 rings (SSSR count). The van der Waals surface area contributed by atoms with Crippen LogP contribution in [0.25, 0.3) is 0 Å². The van der Waals surface area contributed by atoms with Crippen molar-refractivity contribution in [1.29, 1.82) is 0 Å². The number of aliphatic carboxylic acids is 1. The monoisotopic (exact) mass is 623 g/mol. The van der Waals surface area contributed by atoms with Crippen molar-refractivity contribution in [3.05, 3.63) is 0 Å². The molecular weight excluding hydrogens is 581 g/mol. The molecule has 0 spiro atoms. The van der Waals surface area contributed by atoms with Crippen LogP contribution in [-0.4, -0.2) is 103 Å². The Hall–Kier alpha value is -3.60. The Bertz CT molecular complexity index is 1070. The summed E-state index contributed by atoms with van der Waals surface area (Å²) in [5.74, 6) is -5.63. The third-order valence-electron chi connectivity index (χ3n) is 5.72. The van der Waals surface area contributed by atoms with Crippen molar-refractivity contribution in [2.45, 2.75) is 90.8 Å². The molecule has 0 radical (unpaired) electrons. The van der Waals surface area contributed by atoms with Crippen LogP contribution < -0.4 is 37.0 Å². The second kappa shape index (κ2) is 17.4. The van der Waals surface area contributed by atoms with E-state index in [1.165, 1.54) is 48.5 Å². The first-order valence-electron chi connectivity index (χ1n) is 12.8. The molecule has 0 aromatic carbocycles. The number of hydrogen-bond acceptors (Lipinski definition) is 10. The normalized spacial score (nSPS) is 16.2. The largest absolute Gasteiger partial charge is 0.480 e. The van der Waals surface area contributed by atoms with Gasteiger partial charge in [-0.3, -0.25) is 33.6 Å². The fraction of sp³-hybridized carbons (Fsp3) is 0.696. The van der Waals surface area contributed by atoms with Crippen LogP contribution in [0.5, 0.6) is 0 Å². The fourth-order valence-corrected chi connectivity index (χ4v) is 3.85. The molecule has 0 aliphatic heterocycles. The van der Waals surface area contributed by atoms with Crippen LogP contribution in [-0.2, 0) is 47.2 Å². The van der Waals surface area contributed by atoms with Crippen LogP contribution in [0, 0.1) is 0 Å². The maximum atomic E-state index is 12.5. The van der Waals surface area contributed by atoms with Gasteiger partial charge in [0.25, 0.3) is 0 Å². The van der Waals surface area contributed by atoms with Crippen LogP contribution in [0.2, 0.25) is 0 Å². The molecule has 0 aliphatic rings. The van der Waals surface area contributed by atoms with Crippen molar-refractivity contribution >= 4 is 49.2 Å². The summed E-state index contributed by atoms with van der Waals surface area (Å²) in [6, 6.07) is -7.80. The van der Waals surface area contributed by atoms with E-state index < -0.39 is 91.5 Å². The standard InChI is InChI=1S/C23H42N7O11P/c1-10(17(31)25-12(3)19(33)27-14(5)21(35)29-16(7)23(37)38)24-18(32)11(2)26-20(34)13(4)28-22(36)15(6)30-42(39,40-8)41-9/h10-16H,1-9H3,(H,24,32)(H,25,31)(H,26,34)(H,27,33)(H,28,36)(H,29,35)(H,30,39)(H,37,38)/t10-,11-,12-,13-,14-,15-,16-/m0/s1. The zero-order valence-electron chi connectivity index (χ0n) is 25.0. The summed E-state index contributed by atoms with van der Waals surface area (Å²) in [6.07, 6.45) is 0. The van der Waals surface area contributed by atoms with Gasteiger partial charge in [-0.2, -0.15) is 0 Å². The molecule has 0 heterocycles. The van der Waals surface area contributed by atoms with Crippen molar-refractivity contribution in [2.24, 2.45) is 0 Å². The van der Waals surface area contributed by atoms with E-state index in [0.29, 0.717) is 0 Å². The molecule has 0 saturated carbocycles. The molecule has 0 aromatic heterocycles. The van der Waals surface area contributed by atoms with Gasteiger partial charge in [-0.15, -0.1) is 0 Å². The van der Waals surface area contributed by atoms with Crippen molar-refractivity contribution in [3.8, 4) is 0 Å². The third kappa shape index (κ3) is 12.9. The van der Waals surface area contributed by atoms with E-state index in [-0.39, 0.29) is 0 Å². The molecule has 0 bridgehead atoms. The maximum Gasteiger partial charge on any atom is 0.405 e. The summed E-state index contributed by atoms with van der Waals surface area (Å²) < 4.78 is 21.5. The highest BCUT2D eigenvalue weighted by Crippen LogP contribution is 2.41. The van der Waals surface area contributed by atoms with E-state index in [0.717, 1.165) is 14.2 Å². The van der Waals surface area contributed by atoms with Gasteiger partial charge in [0.15, 0.2) is 0 Å². The lowest BCUT2D eigenvalue weighted by atomic mass is 10.2. The Labute approximate surface area is 243 Å². The fourth-order valence-electron chi connectivity index (χ4n) is 2.90. The van der Waals surface area contributed by atoms with Crippen LogP contribution in [0.15, 0.2) is 0 Å². The number of carboxylic acid groups (broad SMARTS) is 1.